The molecule has 0 spiro atoms. The van der Waals surface area contributed by atoms with E-state index in [4.69, 9.17) is 4.74 Å². The van der Waals surface area contributed by atoms with Crippen LogP contribution in [0.5, 0.6) is 5.75 Å². The standard InChI is InChI=1S/C18H23N5O4S/c1-11(2)17(26)21-18-20-12(10-28-18)8-15(24)22-23-16(25)9-19-13-6-4-5-7-14(13)27-3/h4-7,10-11,19H,8-9H2,1-3H3,(H,22,24)(H,23,25)(H,20,21,26). The van der Waals surface area contributed by atoms with Gasteiger partial charge in [0.15, 0.2) is 5.13 Å². The number of benzene rings is 1. The smallest absolute Gasteiger partial charge is 0.257 e. The highest BCUT2D eigenvalue weighted by Gasteiger charge is 2.12. The van der Waals surface area contributed by atoms with E-state index < -0.39 is 11.8 Å². The third-order valence-electron chi connectivity index (χ3n) is 3.54. The highest BCUT2D eigenvalue weighted by molar-refractivity contribution is 7.13. The Labute approximate surface area is 166 Å². The Bertz CT molecular complexity index is 837. The molecule has 9 nitrogen and oxygen atoms in total. The summed E-state index contributed by atoms with van der Waals surface area (Å²) in [6.45, 7) is 3.52. The molecule has 0 radical (unpaired) electrons. The molecule has 150 valence electrons. The monoisotopic (exact) mass is 405 g/mol. The van der Waals surface area contributed by atoms with E-state index >= 15 is 0 Å². The zero-order valence-electron chi connectivity index (χ0n) is 15.9. The SMILES string of the molecule is COc1ccccc1NCC(=O)NNC(=O)Cc1csc(NC(=O)C(C)C)n1. The van der Waals surface area contributed by atoms with Gasteiger partial charge >= 0.3 is 0 Å². The lowest BCUT2D eigenvalue weighted by Crippen LogP contribution is -2.44. The van der Waals surface area contributed by atoms with E-state index in [9.17, 15) is 14.4 Å². The van der Waals surface area contributed by atoms with Gasteiger partial charge in [0.2, 0.25) is 11.8 Å². The molecule has 1 heterocycles. The molecule has 0 aliphatic rings. The zero-order valence-corrected chi connectivity index (χ0v) is 16.7. The summed E-state index contributed by atoms with van der Waals surface area (Å²) in [5, 5.41) is 7.72. The summed E-state index contributed by atoms with van der Waals surface area (Å²) in [5.41, 5.74) is 5.83. The summed E-state index contributed by atoms with van der Waals surface area (Å²) in [7, 11) is 1.54. The number of nitrogens with one attached hydrogen (secondary N) is 4. The van der Waals surface area contributed by atoms with Crippen LogP contribution < -0.4 is 26.2 Å². The molecule has 0 saturated heterocycles. The Hall–Kier alpha value is -3.14. The van der Waals surface area contributed by atoms with Gasteiger partial charge in [0, 0.05) is 11.3 Å². The first-order valence-electron chi connectivity index (χ1n) is 8.59. The van der Waals surface area contributed by atoms with Gasteiger partial charge in [-0.25, -0.2) is 4.98 Å². The maximum atomic E-state index is 11.9. The predicted octanol–water partition coefficient (Wildman–Crippen LogP) is 1.55. The van der Waals surface area contributed by atoms with E-state index in [1.165, 1.54) is 11.3 Å². The third-order valence-corrected chi connectivity index (χ3v) is 4.34. The molecule has 28 heavy (non-hydrogen) atoms. The number of hydrogen-bond donors (Lipinski definition) is 4. The molecule has 1 aromatic heterocycles. The lowest BCUT2D eigenvalue weighted by Gasteiger charge is -2.11. The van der Waals surface area contributed by atoms with Crippen LogP contribution in [0, 0.1) is 5.92 Å². The van der Waals surface area contributed by atoms with Crippen molar-refractivity contribution in [2.75, 3.05) is 24.3 Å². The number of amides is 3. The summed E-state index contributed by atoms with van der Waals surface area (Å²) in [4.78, 5) is 39.6. The first kappa shape index (κ1) is 21.2. The first-order chi connectivity index (χ1) is 13.4. The number of rotatable bonds is 8. The topological polar surface area (TPSA) is 121 Å². The highest BCUT2D eigenvalue weighted by Crippen LogP contribution is 2.22. The van der Waals surface area contributed by atoms with Crippen molar-refractivity contribution in [1.82, 2.24) is 15.8 Å². The Morgan fingerprint density at radius 1 is 1.14 bits per heavy atom. The second-order valence-corrected chi connectivity index (χ2v) is 6.97. The van der Waals surface area contributed by atoms with Crippen molar-refractivity contribution in [1.29, 1.82) is 0 Å². The van der Waals surface area contributed by atoms with E-state index in [2.05, 4.69) is 26.5 Å². The minimum Gasteiger partial charge on any atom is -0.495 e. The van der Waals surface area contributed by atoms with Crippen LogP contribution >= 0.6 is 11.3 Å². The summed E-state index contributed by atoms with van der Waals surface area (Å²) in [5.74, 6) is -0.515. The Morgan fingerprint density at radius 3 is 2.57 bits per heavy atom. The number of methoxy groups -OCH3 is 1. The normalized spacial score (nSPS) is 10.3. The van der Waals surface area contributed by atoms with Crippen LogP contribution in [0.1, 0.15) is 19.5 Å². The van der Waals surface area contributed by atoms with Gasteiger partial charge in [-0.15, -0.1) is 11.3 Å². The van der Waals surface area contributed by atoms with E-state index in [0.29, 0.717) is 22.3 Å². The van der Waals surface area contributed by atoms with E-state index in [-0.39, 0.29) is 24.8 Å². The van der Waals surface area contributed by atoms with Crippen molar-refractivity contribution in [2.24, 2.45) is 5.92 Å². The number of aromatic nitrogens is 1. The Kier molecular flexibility index (Phi) is 7.76. The Balaban J connectivity index is 1.74. The van der Waals surface area contributed by atoms with Gasteiger partial charge in [-0.1, -0.05) is 26.0 Å². The van der Waals surface area contributed by atoms with E-state index in [0.717, 1.165) is 0 Å². The van der Waals surface area contributed by atoms with Crippen LogP contribution in [-0.4, -0.2) is 36.4 Å². The quantitative estimate of drug-likeness (QED) is 0.495. The van der Waals surface area contributed by atoms with Crippen molar-refractivity contribution in [3.05, 3.63) is 35.3 Å². The molecule has 0 unspecified atom stereocenters. The van der Waals surface area contributed by atoms with Crippen LogP contribution in [0.4, 0.5) is 10.8 Å². The fourth-order valence-corrected chi connectivity index (χ4v) is 2.77. The van der Waals surface area contributed by atoms with Crippen molar-refractivity contribution < 1.29 is 19.1 Å². The van der Waals surface area contributed by atoms with Gasteiger partial charge in [0.25, 0.3) is 5.91 Å². The number of thiazole rings is 1. The molecule has 1 aromatic carbocycles. The fraction of sp³-hybridized carbons (Fsp3) is 0.333. The molecular weight excluding hydrogens is 382 g/mol. The fourth-order valence-electron chi connectivity index (χ4n) is 2.05. The zero-order chi connectivity index (χ0) is 20.5. The van der Waals surface area contributed by atoms with Crippen LogP contribution in [0.3, 0.4) is 0 Å². The van der Waals surface area contributed by atoms with E-state index in [1.54, 1.807) is 38.5 Å². The molecule has 0 fully saturated rings. The molecule has 0 bridgehead atoms. The molecule has 2 rings (SSSR count). The maximum absolute atomic E-state index is 11.9. The van der Waals surface area contributed by atoms with Gasteiger partial charge in [-0.3, -0.25) is 25.2 Å². The molecule has 0 saturated carbocycles. The van der Waals surface area contributed by atoms with Crippen molar-refractivity contribution in [2.45, 2.75) is 20.3 Å². The average molecular weight is 405 g/mol. The van der Waals surface area contributed by atoms with Crippen LogP contribution in [-0.2, 0) is 20.8 Å². The van der Waals surface area contributed by atoms with Gasteiger partial charge in [-0.05, 0) is 12.1 Å². The summed E-state index contributed by atoms with van der Waals surface area (Å²) in [6.07, 6.45) is -0.0196. The number of para-hydroxylation sites is 2. The number of carbonyl (C=O) groups excluding carboxylic acids is 3. The highest BCUT2D eigenvalue weighted by atomic mass is 32.1. The lowest BCUT2D eigenvalue weighted by atomic mass is 10.2. The lowest BCUT2D eigenvalue weighted by molar-refractivity contribution is -0.127. The molecule has 0 aliphatic carbocycles. The molecule has 3 amide bonds. The summed E-state index contributed by atoms with van der Waals surface area (Å²) < 4.78 is 5.19. The second kappa shape index (κ2) is 10.3. The van der Waals surface area contributed by atoms with Crippen LogP contribution in [0.15, 0.2) is 29.6 Å². The molecular formula is C18H23N5O4S. The molecule has 0 aliphatic heterocycles. The largest absolute Gasteiger partial charge is 0.495 e. The number of carbonyl (C=O) groups is 3. The maximum Gasteiger partial charge on any atom is 0.257 e. The number of nitrogens with zero attached hydrogens (tertiary/aromatic N) is 1. The summed E-state index contributed by atoms with van der Waals surface area (Å²) >= 11 is 1.24. The number of hydrazine groups is 1. The molecule has 4 N–H and O–H groups in total. The van der Waals surface area contributed by atoms with Gasteiger partial charge in [-0.2, -0.15) is 0 Å². The van der Waals surface area contributed by atoms with Crippen molar-refractivity contribution >= 4 is 39.9 Å². The Morgan fingerprint density at radius 2 is 1.86 bits per heavy atom. The van der Waals surface area contributed by atoms with Gasteiger partial charge < -0.3 is 15.4 Å². The van der Waals surface area contributed by atoms with E-state index in [1.807, 2.05) is 12.1 Å². The van der Waals surface area contributed by atoms with Crippen molar-refractivity contribution in [3.8, 4) is 5.75 Å². The van der Waals surface area contributed by atoms with Gasteiger partial charge in [0.1, 0.15) is 5.75 Å². The van der Waals surface area contributed by atoms with Crippen molar-refractivity contribution in [3.63, 3.8) is 0 Å². The minimum absolute atomic E-state index is 0.0196. The van der Waals surface area contributed by atoms with Crippen LogP contribution in [0.2, 0.25) is 0 Å². The first-order valence-corrected chi connectivity index (χ1v) is 9.47. The third kappa shape index (κ3) is 6.54. The number of anilines is 2. The van der Waals surface area contributed by atoms with Crippen LogP contribution in [0.25, 0.3) is 0 Å². The number of hydrogen-bond acceptors (Lipinski definition) is 7. The summed E-state index contributed by atoms with van der Waals surface area (Å²) in [6, 6.07) is 7.19. The molecule has 2 aromatic rings. The second-order valence-electron chi connectivity index (χ2n) is 6.11. The van der Waals surface area contributed by atoms with Gasteiger partial charge in [0.05, 0.1) is 31.5 Å². The number of ether oxygens (including phenoxy) is 1. The minimum atomic E-state index is -0.419. The predicted molar refractivity (Wildman–Crippen MR) is 107 cm³/mol. The average Bonchev–Trinajstić information content (AvgIpc) is 3.11. The molecule has 10 heteroatoms. The molecule has 0 atom stereocenters.